The third kappa shape index (κ3) is 4.64. The minimum Gasteiger partial charge on any atom is -0.443 e. The van der Waals surface area contributed by atoms with Gasteiger partial charge in [-0.15, -0.1) is 0 Å². The maximum absolute atomic E-state index is 11.9. The molecule has 0 radical (unpaired) electrons. The summed E-state index contributed by atoms with van der Waals surface area (Å²) in [4.78, 5) is 16.1. The highest BCUT2D eigenvalue weighted by Gasteiger charge is 2.18. The van der Waals surface area contributed by atoms with Gasteiger partial charge in [0, 0.05) is 28.9 Å². The minimum atomic E-state index is -0.506. The van der Waals surface area contributed by atoms with Gasteiger partial charge in [0.15, 0.2) is 0 Å². The van der Waals surface area contributed by atoms with E-state index in [0.717, 1.165) is 16.4 Å². The van der Waals surface area contributed by atoms with Gasteiger partial charge in [0.25, 0.3) is 0 Å². The van der Waals surface area contributed by atoms with Crippen LogP contribution in [0.25, 0.3) is 21.8 Å². The summed E-state index contributed by atoms with van der Waals surface area (Å²) < 4.78 is 6.78. The van der Waals surface area contributed by atoms with Crippen LogP contribution in [-0.2, 0) is 4.74 Å². The number of carbonyl (C=O) groups excluding carboxylic acids is 1. The maximum Gasteiger partial charge on any atom is 0.418 e. The molecular weight excluding hydrogens is 338 g/mol. The Labute approximate surface area is 158 Å². The van der Waals surface area contributed by atoms with E-state index in [9.17, 15) is 4.79 Å². The summed E-state index contributed by atoms with van der Waals surface area (Å²) in [5.41, 5.74) is 7.66. The number of aromatic nitrogens is 2. The Morgan fingerprint density at radius 1 is 1.00 bits per heavy atom. The van der Waals surface area contributed by atoms with Gasteiger partial charge in [-0.1, -0.05) is 30.3 Å². The summed E-state index contributed by atoms with van der Waals surface area (Å²) in [6.07, 6.45) is 3.11. The molecule has 0 saturated carbocycles. The molecule has 0 fully saturated rings. The van der Waals surface area contributed by atoms with Crippen molar-refractivity contribution in [1.82, 2.24) is 9.55 Å². The summed E-state index contributed by atoms with van der Waals surface area (Å²) in [6, 6.07) is 19.4. The maximum atomic E-state index is 11.9. The van der Waals surface area contributed by atoms with E-state index in [1.807, 2.05) is 69.4 Å². The molecule has 138 valence electrons. The number of hydrogen-bond donors (Lipinski definition) is 1. The largest absolute Gasteiger partial charge is 0.443 e. The quantitative estimate of drug-likeness (QED) is 0.435. The third-order valence-electron chi connectivity index (χ3n) is 3.82. The van der Waals surface area contributed by atoms with Gasteiger partial charge in [-0.25, -0.2) is 4.79 Å². The van der Waals surface area contributed by atoms with E-state index in [2.05, 4.69) is 17.1 Å². The minimum absolute atomic E-state index is 0.391. The Hall–Kier alpha value is -3.34. The first-order valence-corrected chi connectivity index (χ1v) is 8.73. The van der Waals surface area contributed by atoms with E-state index in [4.69, 9.17) is 10.5 Å². The predicted octanol–water partition coefficient (Wildman–Crippen LogP) is 5.24. The number of nitrogens with two attached hydrogens (primary N) is 1. The number of fused-ring (bicyclic) bond motifs is 2. The Morgan fingerprint density at radius 3 is 2.48 bits per heavy atom. The molecule has 0 saturated heterocycles. The SMILES string of the molecule is CC(C)(C)OC(=O)n1ccc2ccc(N)cc21.c1ccc2ncccc2c1. The first kappa shape index (κ1) is 18.5. The van der Waals surface area contributed by atoms with E-state index < -0.39 is 11.7 Å². The zero-order valence-corrected chi connectivity index (χ0v) is 15.7. The molecule has 2 heterocycles. The first-order chi connectivity index (χ1) is 12.8. The van der Waals surface area contributed by atoms with Gasteiger partial charge in [-0.3, -0.25) is 9.55 Å². The summed E-state index contributed by atoms with van der Waals surface area (Å²) >= 11 is 0. The molecule has 2 aromatic carbocycles. The van der Waals surface area contributed by atoms with Crippen LogP contribution in [0.15, 0.2) is 73.1 Å². The normalized spacial score (nSPS) is 11.1. The van der Waals surface area contributed by atoms with Crippen molar-refractivity contribution in [1.29, 1.82) is 0 Å². The highest BCUT2D eigenvalue weighted by molar-refractivity contribution is 5.91. The number of para-hydroxylation sites is 1. The van der Waals surface area contributed by atoms with Crippen molar-refractivity contribution in [3.05, 3.63) is 73.1 Å². The molecule has 0 aliphatic rings. The van der Waals surface area contributed by atoms with Crippen molar-refractivity contribution in [2.45, 2.75) is 26.4 Å². The summed E-state index contributed by atoms with van der Waals surface area (Å²) in [6.45, 7) is 5.51. The molecule has 0 bridgehead atoms. The van der Waals surface area contributed by atoms with Crippen LogP contribution in [-0.4, -0.2) is 21.2 Å². The number of nitrogens with zero attached hydrogens (tertiary/aromatic N) is 2. The van der Waals surface area contributed by atoms with Gasteiger partial charge in [0.05, 0.1) is 11.0 Å². The van der Waals surface area contributed by atoms with Crippen LogP contribution in [0.5, 0.6) is 0 Å². The molecule has 2 N–H and O–H groups in total. The molecule has 0 spiro atoms. The lowest BCUT2D eigenvalue weighted by molar-refractivity contribution is 0.0544. The molecule has 0 unspecified atom stereocenters. The zero-order valence-electron chi connectivity index (χ0n) is 15.7. The Morgan fingerprint density at radius 2 is 1.74 bits per heavy atom. The fourth-order valence-electron chi connectivity index (χ4n) is 2.63. The van der Waals surface area contributed by atoms with Gasteiger partial charge in [-0.2, -0.15) is 0 Å². The topological polar surface area (TPSA) is 70.1 Å². The first-order valence-electron chi connectivity index (χ1n) is 8.73. The molecule has 4 aromatic rings. The fraction of sp³-hybridized carbons (Fsp3) is 0.182. The predicted molar refractivity (Wildman–Crippen MR) is 110 cm³/mol. The average Bonchev–Trinajstić information content (AvgIpc) is 3.04. The second kappa shape index (κ2) is 7.50. The smallest absolute Gasteiger partial charge is 0.418 e. The summed E-state index contributed by atoms with van der Waals surface area (Å²) in [5.74, 6) is 0. The van der Waals surface area contributed by atoms with E-state index >= 15 is 0 Å². The molecule has 0 aliphatic heterocycles. The highest BCUT2D eigenvalue weighted by atomic mass is 16.6. The number of hydrogen-bond acceptors (Lipinski definition) is 4. The molecular formula is C22H23N3O2. The number of rotatable bonds is 0. The second-order valence-corrected chi connectivity index (χ2v) is 7.18. The zero-order chi connectivity index (χ0) is 19.4. The lowest BCUT2D eigenvalue weighted by Gasteiger charge is -2.19. The summed E-state index contributed by atoms with van der Waals surface area (Å²) in [7, 11) is 0. The number of carbonyl (C=O) groups is 1. The highest BCUT2D eigenvalue weighted by Crippen LogP contribution is 2.20. The molecule has 5 nitrogen and oxygen atoms in total. The molecule has 0 aliphatic carbocycles. The van der Waals surface area contributed by atoms with Crippen molar-refractivity contribution in [2.75, 3.05) is 5.73 Å². The van der Waals surface area contributed by atoms with Crippen LogP contribution in [0.2, 0.25) is 0 Å². The fourth-order valence-corrected chi connectivity index (χ4v) is 2.63. The lowest BCUT2D eigenvalue weighted by atomic mass is 10.2. The van der Waals surface area contributed by atoms with Crippen LogP contribution in [0, 0.1) is 0 Å². The van der Waals surface area contributed by atoms with Gasteiger partial charge >= 0.3 is 6.09 Å². The number of pyridine rings is 1. The van der Waals surface area contributed by atoms with Crippen LogP contribution in [0.4, 0.5) is 10.5 Å². The number of anilines is 1. The van der Waals surface area contributed by atoms with Crippen molar-refractivity contribution in [3.63, 3.8) is 0 Å². The number of nitrogen functional groups attached to an aromatic ring is 1. The monoisotopic (exact) mass is 361 g/mol. The van der Waals surface area contributed by atoms with Crippen molar-refractivity contribution in [3.8, 4) is 0 Å². The van der Waals surface area contributed by atoms with Crippen molar-refractivity contribution < 1.29 is 9.53 Å². The van der Waals surface area contributed by atoms with Gasteiger partial charge in [0.1, 0.15) is 5.60 Å². The van der Waals surface area contributed by atoms with Crippen molar-refractivity contribution in [2.24, 2.45) is 0 Å². The van der Waals surface area contributed by atoms with Crippen molar-refractivity contribution >= 4 is 33.6 Å². The average molecular weight is 361 g/mol. The summed E-state index contributed by atoms with van der Waals surface area (Å²) in [5, 5.41) is 2.16. The second-order valence-electron chi connectivity index (χ2n) is 7.18. The van der Waals surface area contributed by atoms with Crippen LogP contribution >= 0.6 is 0 Å². The van der Waals surface area contributed by atoms with Gasteiger partial charge in [0.2, 0.25) is 0 Å². The molecule has 4 rings (SSSR count). The number of benzene rings is 2. The Kier molecular flexibility index (Phi) is 5.12. The van der Waals surface area contributed by atoms with Crippen LogP contribution in [0.1, 0.15) is 20.8 Å². The van der Waals surface area contributed by atoms with E-state index in [1.54, 1.807) is 12.3 Å². The number of ether oxygens (including phenoxy) is 1. The molecule has 2 aromatic heterocycles. The molecule has 27 heavy (non-hydrogen) atoms. The van der Waals surface area contributed by atoms with E-state index in [-0.39, 0.29) is 0 Å². The Balaban J connectivity index is 0.000000177. The molecule has 0 amide bonds. The standard InChI is InChI=1S/C13H16N2O2.C9H7N/c1-13(2,3)17-12(16)15-7-6-9-4-5-10(14)8-11(9)15;1-2-6-9-8(4-1)5-3-7-10-9/h4-8H,14H2,1-3H3;1-7H. The van der Waals surface area contributed by atoms with Crippen LogP contribution < -0.4 is 5.73 Å². The van der Waals surface area contributed by atoms with E-state index in [1.165, 1.54) is 9.95 Å². The van der Waals surface area contributed by atoms with Crippen LogP contribution in [0.3, 0.4) is 0 Å². The molecule has 5 heteroatoms. The third-order valence-corrected chi connectivity index (χ3v) is 3.82. The van der Waals surface area contributed by atoms with Gasteiger partial charge < -0.3 is 10.5 Å². The lowest BCUT2D eigenvalue weighted by Crippen LogP contribution is -2.26. The van der Waals surface area contributed by atoms with Gasteiger partial charge in [-0.05, 0) is 51.1 Å². The Bertz CT molecular complexity index is 1010. The van der Waals surface area contributed by atoms with E-state index in [0.29, 0.717) is 5.69 Å². The molecule has 0 atom stereocenters.